The summed E-state index contributed by atoms with van der Waals surface area (Å²) in [6.07, 6.45) is 0. The lowest BCUT2D eigenvalue weighted by atomic mass is 10.0. The van der Waals surface area contributed by atoms with Crippen molar-refractivity contribution in [1.82, 2.24) is 5.32 Å². The topological polar surface area (TPSA) is 72.5 Å². The summed E-state index contributed by atoms with van der Waals surface area (Å²) in [5.41, 5.74) is 0.728. The Hall–Kier alpha value is -2.37. The second kappa shape index (κ2) is 9.02. The lowest BCUT2D eigenvalue weighted by molar-refractivity contribution is -0.137. The number of halogens is 2. The molecule has 0 aliphatic heterocycles. The number of carbonyl (C=O) groups is 3. The van der Waals surface area contributed by atoms with E-state index in [4.69, 9.17) is 27.9 Å². The predicted octanol–water partition coefficient (Wildman–Crippen LogP) is 4.56. The van der Waals surface area contributed by atoms with Crippen LogP contribution >= 0.6 is 23.2 Å². The molecule has 142 valence electrons. The Morgan fingerprint density at radius 2 is 1.63 bits per heavy atom. The minimum Gasteiger partial charge on any atom is -0.425 e. The third kappa shape index (κ3) is 5.55. The number of esters is 1. The molecule has 1 atom stereocenters. The first-order chi connectivity index (χ1) is 12.7. The molecule has 0 saturated carbocycles. The lowest BCUT2D eigenvalue weighted by Crippen LogP contribution is -2.46. The van der Waals surface area contributed by atoms with Crippen LogP contribution in [0.25, 0.3) is 0 Å². The van der Waals surface area contributed by atoms with Gasteiger partial charge in [-0.3, -0.25) is 9.59 Å². The maximum atomic E-state index is 12.5. The molecule has 0 unspecified atom stereocenters. The summed E-state index contributed by atoms with van der Waals surface area (Å²) in [5, 5.41) is 3.25. The number of ketones is 1. The Kier molecular flexibility index (Phi) is 6.99. The van der Waals surface area contributed by atoms with E-state index in [2.05, 4.69) is 5.32 Å². The van der Waals surface area contributed by atoms with E-state index in [1.54, 1.807) is 32.0 Å². The van der Waals surface area contributed by atoms with E-state index in [-0.39, 0.29) is 28.0 Å². The van der Waals surface area contributed by atoms with Gasteiger partial charge in [0.1, 0.15) is 11.8 Å². The van der Waals surface area contributed by atoms with Crippen molar-refractivity contribution in [2.75, 3.05) is 0 Å². The van der Waals surface area contributed by atoms with E-state index in [0.29, 0.717) is 10.6 Å². The molecule has 0 aromatic heterocycles. The Morgan fingerprint density at radius 3 is 2.15 bits per heavy atom. The molecule has 1 N–H and O–H groups in total. The summed E-state index contributed by atoms with van der Waals surface area (Å²) >= 11 is 11.9. The van der Waals surface area contributed by atoms with Crippen molar-refractivity contribution in [2.45, 2.75) is 26.8 Å². The number of hydrogen-bond donors (Lipinski definition) is 1. The van der Waals surface area contributed by atoms with Crippen LogP contribution in [0, 0.1) is 5.92 Å². The van der Waals surface area contributed by atoms with Gasteiger partial charge in [0.25, 0.3) is 5.91 Å². The Balaban J connectivity index is 2.12. The molecule has 0 spiro atoms. The molecule has 2 aromatic rings. The van der Waals surface area contributed by atoms with Gasteiger partial charge in [-0.1, -0.05) is 37.0 Å². The van der Waals surface area contributed by atoms with E-state index < -0.39 is 17.9 Å². The average molecular weight is 408 g/mol. The molecule has 0 heterocycles. The summed E-state index contributed by atoms with van der Waals surface area (Å²) in [4.78, 5) is 36.3. The predicted molar refractivity (Wildman–Crippen MR) is 105 cm³/mol. The summed E-state index contributed by atoms with van der Waals surface area (Å²) < 4.78 is 5.34. The molecule has 27 heavy (non-hydrogen) atoms. The fourth-order valence-electron chi connectivity index (χ4n) is 2.33. The third-order valence-corrected chi connectivity index (χ3v) is 4.41. The van der Waals surface area contributed by atoms with Crippen molar-refractivity contribution in [3.63, 3.8) is 0 Å². The largest absolute Gasteiger partial charge is 0.425 e. The van der Waals surface area contributed by atoms with Crippen molar-refractivity contribution in [3.8, 4) is 5.75 Å². The maximum Gasteiger partial charge on any atom is 0.334 e. The van der Waals surface area contributed by atoms with Crippen LogP contribution in [0.2, 0.25) is 10.0 Å². The Labute approximate surface area is 167 Å². The van der Waals surface area contributed by atoms with Crippen LogP contribution in [-0.4, -0.2) is 23.7 Å². The van der Waals surface area contributed by atoms with Crippen LogP contribution in [0.1, 0.15) is 41.5 Å². The van der Waals surface area contributed by atoms with Crippen LogP contribution in [0.5, 0.6) is 5.75 Å². The van der Waals surface area contributed by atoms with Gasteiger partial charge in [-0.05, 0) is 55.3 Å². The number of rotatable bonds is 6. The highest BCUT2D eigenvalue weighted by molar-refractivity contribution is 6.36. The minimum atomic E-state index is -0.878. The molecule has 0 radical (unpaired) electrons. The number of benzene rings is 2. The fourth-order valence-corrected chi connectivity index (χ4v) is 2.82. The summed E-state index contributed by atoms with van der Waals surface area (Å²) in [6.45, 7) is 5.02. The summed E-state index contributed by atoms with van der Waals surface area (Å²) in [7, 11) is 0. The zero-order chi connectivity index (χ0) is 20.1. The van der Waals surface area contributed by atoms with Gasteiger partial charge in [-0.2, -0.15) is 0 Å². The number of amides is 1. The van der Waals surface area contributed by atoms with E-state index in [1.807, 2.05) is 0 Å². The van der Waals surface area contributed by atoms with Crippen molar-refractivity contribution in [1.29, 1.82) is 0 Å². The molecule has 1 amide bonds. The molecule has 0 saturated heterocycles. The number of ether oxygens (including phenoxy) is 1. The first kappa shape index (κ1) is 20.9. The van der Waals surface area contributed by atoms with Crippen molar-refractivity contribution >= 4 is 40.9 Å². The van der Waals surface area contributed by atoms with Gasteiger partial charge >= 0.3 is 5.97 Å². The van der Waals surface area contributed by atoms with Crippen molar-refractivity contribution < 1.29 is 19.1 Å². The molecular weight excluding hydrogens is 389 g/mol. The first-order valence-corrected chi connectivity index (χ1v) is 9.03. The zero-order valence-electron chi connectivity index (χ0n) is 15.1. The molecule has 0 aliphatic rings. The molecular formula is C20H19Cl2NO4. The Morgan fingerprint density at radius 1 is 1.00 bits per heavy atom. The summed E-state index contributed by atoms with van der Waals surface area (Å²) in [6, 6.07) is 9.82. The van der Waals surface area contributed by atoms with E-state index in [1.165, 1.54) is 31.2 Å². The second-order valence-electron chi connectivity index (χ2n) is 6.32. The smallest absolute Gasteiger partial charge is 0.334 e. The highest BCUT2D eigenvalue weighted by Gasteiger charge is 2.27. The molecule has 0 fully saturated rings. The van der Waals surface area contributed by atoms with E-state index >= 15 is 0 Å². The minimum absolute atomic E-state index is 0.0833. The van der Waals surface area contributed by atoms with E-state index in [9.17, 15) is 14.4 Å². The number of carbonyl (C=O) groups excluding carboxylic acids is 3. The molecule has 0 bridgehead atoms. The standard InChI is InChI=1S/C20H19Cl2NO4/c1-11(2)18(23-19(25)16-9-6-14(21)10-17(16)22)20(26)27-15-7-4-13(5-8-15)12(3)24/h4-11,18H,1-3H3,(H,23,25)/t18-/m0/s1. The van der Waals surface area contributed by atoms with Crippen LogP contribution in [-0.2, 0) is 4.79 Å². The highest BCUT2D eigenvalue weighted by Crippen LogP contribution is 2.21. The number of Topliss-reactive ketones (excluding diaryl/α,β-unsaturated/α-hetero) is 1. The van der Waals surface area contributed by atoms with Crippen LogP contribution < -0.4 is 10.1 Å². The maximum absolute atomic E-state index is 12.5. The van der Waals surface area contributed by atoms with Crippen LogP contribution in [0.4, 0.5) is 0 Å². The normalized spacial score (nSPS) is 11.8. The molecule has 2 aromatic carbocycles. The molecule has 7 heteroatoms. The average Bonchev–Trinajstić information content (AvgIpc) is 2.59. The van der Waals surface area contributed by atoms with Gasteiger partial charge < -0.3 is 10.1 Å². The number of nitrogens with one attached hydrogen (secondary N) is 1. The molecule has 0 aliphatic carbocycles. The third-order valence-electron chi connectivity index (χ3n) is 3.86. The van der Waals surface area contributed by atoms with Gasteiger partial charge in [0, 0.05) is 10.6 Å². The SMILES string of the molecule is CC(=O)c1ccc(OC(=O)[C@@H](NC(=O)c2ccc(Cl)cc2Cl)C(C)C)cc1. The van der Waals surface area contributed by atoms with Crippen molar-refractivity contribution in [2.24, 2.45) is 5.92 Å². The molecule has 2 rings (SSSR count). The first-order valence-electron chi connectivity index (χ1n) is 8.27. The van der Waals surface area contributed by atoms with Gasteiger partial charge in [0.05, 0.1) is 10.6 Å². The highest BCUT2D eigenvalue weighted by atomic mass is 35.5. The molecule has 5 nitrogen and oxygen atoms in total. The quantitative estimate of drug-likeness (QED) is 0.432. The van der Waals surface area contributed by atoms with Gasteiger partial charge in [-0.15, -0.1) is 0 Å². The van der Waals surface area contributed by atoms with Crippen LogP contribution in [0.15, 0.2) is 42.5 Å². The van der Waals surface area contributed by atoms with Gasteiger partial charge in [-0.25, -0.2) is 4.79 Å². The van der Waals surface area contributed by atoms with Crippen LogP contribution in [0.3, 0.4) is 0 Å². The lowest BCUT2D eigenvalue weighted by Gasteiger charge is -2.21. The van der Waals surface area contributed by atoms with Gasteiger partial charge in [0.15, 0.2) is 5.78 Å². The Bertz CT molecular complexity index is 863. The number of hydrogen-bond acceptors (Lipinski definition) is 4. The van der Waals surface area contributed by atoms with Gasteiger partial charge in [0.2, 0.25) is 0 Å². The fraction of sp³-hybridized carbons (Fsp3) is 0.250. The van der Waals surface area contributed by atoms with E-state index in [0.717, 1.165) is 0 Å². The monoisotopic (exact) mass is 407 g/mol. The zero-order valence-corrected chi connectivity index (χ0v) is 16.6. The van der Waals surface area contributed by atoms with Crippen molar-refractivity contribution in [3.05, 3.63) is 63.6 Å². The second-order valence-corrected chi connectivity index (χ2v) is 7.16. The summed E-state index contributed by atoms with van der Waals surface area (Å²) in [5.74, 6) is -1.13.